The summed E-state index contributed by atoms with van der Waals surface area (Å²) >= 11 is 0. The Morgan fingerprint density at radius 3 is 2.90 bits per heavy atom. The van der Waals surface area contributed by atoms with Crippen LogP contribution in [-0.4, -0.2) is 38.2 Å². The third kappa shape index (κ3) is 4.52. The molecule has 3 aromatic heterocycles. The van der Waals surface area contributed by atoms with E-state index >= 15 is 0 Å². The summed E-state index contributed by atoms with van der Waals surface area (Å²) in [7, 11) is 0. The SMILES string of the molecule is Cc1nc(C2CCCN(c3ccc(-c4nc(CC(C)C)no4)cn3)C2)cc(=O)[nH]1. The van der Waals surface area contributed by atoms with E-state index in [4.69, 9.17) is 4.52 Å². The number of aromatic amines is 1. The summed E-state index contributed by atoms with van der Waals surface area (Å²) in [5.41, 5.74) is 1.58. The smallest absolute Gasteiger partial charge is 0.259 e. The van der Waals surface area contributed by atoms with Crippen molar-refractivity contribution in [2.45, 2.75) is 46.0 Å². The van der Waals surface area contributed by atoms with Gasteiger partial charge in [0.15, 0.2) is 5.82 Å². The van der Waals surface area contributed by atoms with Gasteiger partial charge in [0, 0.05) is 37.7 Å². The monoisotopic (exact) mass is 394 g/mol. The molecule has 0 bridgehead atoms. The summed E-state index contributed by atoms with van der Waals surface area (Å²) in [6.07, 6.45) is 4.62. The lowest BCUT2D eigenvalue weighted by Crippen LogP contribution is -2.35. The number of hydrogen-bond donors (Lipinski definition) is 1. The molecular formula is C21H26N6O2. The van der Waals surface area contributed by atoms with Gasteiger partial charge in [-0.3, -0.25) is 4.79 Å². The zero-order valence-electron chi connectivity index (χ0n) is 17.1. The molecule has 1 aliphatic heterocycles. The zero-order valence-corrected chi connectivity index (χ0v) is 17.1. The van der Waals surface area contributed by atoms with Crippen molar-refractivity contribution in [2.75, 3.05) is 18.0 Å². The first kappa shape index (κ1) is 19.3. The number of rotatable bonds is 5. The second kappa shape index (κ2) is 8.14. The van der Waals surface area contributed by atoms with Crippen LogP contribution in [0.15, 0.2) is 33.7 Å². The largest absolute Gasteiger partial charge is 0.356 e. The molecule has 1 saturated heterocycles. The Morgan fingerprint density at radius 2 is 2.17 bits per heavy atom. The van der Waals surface area contributed by atoms with Crippen molar-refractivity contribution in [3.8, 4) is 11.5 Å². The minimum absolute atomic E-state index is 0.0940. The van der Waals surface area contributed by atoms with E-state index in [1.165, 1.54) is 0 Å². The van der Waals surface area contributed by atoms with Gasteiger partial charge in [-0.05, 0) is 37.8 Å². The number of aryl methyl sites for hydroxylation is 1. The van der Waals surface area contributed by atoms with E-state index < -0.39 is 0 Å². The predicted molar refractivity (Wildman–Crippen MR) is 110 cm³/mol. The molecule has 8 nitrogen and oxygen atoms in total. The van der Waals surface area contributed by atoms with Crippen LogP contribution in [0.3, 0.4) is 0 Å². The van der Waals surface area contributed by atoms with E-state index in [-0.39, 0.29) is 11.5 Å². The maximum Gasteiger partial charge on any atom is 0.259 e. The molecule has 0 radical (unpaired) electrons. The number of nitrogens with zero attached hydrogens (tertiary/aromatic N) is 5. The molecule has 1 fully saturated rings. The highest BCUT2D eigenvalue weighted by atomic mass is 16.5. The zero-order chi connectivity index (χ0) is 20.4. The molecule has 4 heterocycles. The summed E-state index contributed by atoms with van der Waals surface area (Å²) in [5, 5.41) is 4.04. The van der Waals surface area contributed by atoms with Crippen LogP contribution in [0.2, 0.25) is 0 Å². The minimum Gasteiger partial charge on any atom is -0.356 e. The highest BCUT2D eigenvalue weighted by Gasteiger charge is 2.24. The van der Waals surface area contributed by atoms with E-state index in [1.807, 2.05) is 19.1 Å². The highest BCUT2D eigenvalue weighted by Crippen LogP contribution is 2.28. The van der Waals surface area contributed by atoms with E-state index in [0.29, 0.717) is 17.6 Å². The topological polar surface area (TPSA) is 101 Å². The Labute approximate surface area is 169 Å². The van der Waals surface area contributed by atoms with Crippen LogP contribution < -0.4 is 10.5 Å². The molecule has 0 aromatic carbocycles. The summed E-state index contributed by atoms with van der Waals surface area (Å²) in [5.74, 6) is 3.48. The molecule has 29 heavy (non-hydrogen) atoms. The normalized spacial score (nSPS) is 17.1. The van der Waals surface area contributed by atoms with Gasteiger partial charge in [0.1, 0.15) is 11.6 Å². The molecule has 0 spiro atoms. The van der Waals surface area contributed by atoms with Crippen LogP contribution in [0.25, 0.3) is 11.5 Å². The Morgan fingerprint density at radius 1 is 1.31 bits per heavy atom. The van der Waals surface area contributed by atoms with E-state index in [2.05, 4.69) is 43.8 Å². The Kier molecular flexibility index (Phi) is 5.42. The van der Waals surface area contributed by atoms with Crippen LogP contribution in [0.4, 0.5) is 5.82 Å². The quantitative estimate of drug-likeness (QED) is 0.709. The third-order valence-corrected chi connectivity index (χ3v) is 5.10. The first-order chi connectivity index (χ1) is 14.0. The van der Waals surface area contributed by atoms with Crippen molar-refractivity contribution in [2.24, 2.45) is 5.92 Å². The van der Waals surface area contributed by atoms with Crippen LogP contribution >= 0.6 is 0 Å². The van der Waals surface area contributed by atoms with Crippen LogP contribution in [-0.2, 0) is 6.42 Å². The summed E-state index contributed by atoms with van der Waals surface area (Å²) in [6.45, 7) is 7.79. The average molecular weight is 394 g/mol. The van der Waals surface area contributed by atoms with Crippen molar-refractivity contribution in [1.82, 2.24) is 25.1 Å². The highest BCUT2D eigenvalue weighted by molar-refractivity contribution is 5.55. The van der Waals surface area contributed by atoms with Gasteiger partial charge in [0.25, 0.3) is 11.4 Å². The number of piperidine rings is 1. The van der Waals surface area contributed by atoms with Crippen LogP contribution in [0.5, 0.6) is 0 Å². The van der Waals surface area contributed by atoms with E-state index in [1.54, 1.807) is 12.3 Å². The molecular weight excluding hydrogens is 368 g/mol. The molecule has 0 amide bonds. The van der Waals surface area contributed by atoms with Crippen molar-refractivity contribution in [3.63, 3.8) is 0 Å². The predicted octanol–water partition coefficient (Wildman–Crippen LogP) is 3.11. The molecule has 152 valence electrons. The Balaban J connectivity index is 1.48. The molecule has 8 heteroatoms. The number of H-pyrrole nitrogens is 1. The standard InChI is InChI=1S/C21H26N6O2/c1-13(2)9-18-25-21(29-26-18)15-6-7-19(22-11-15)27-8-4-5-16(12-27)17-10-20(28)24-14(3)23-17/h6-7,10-11,13,16H,4-5,8-9,12H2,1-3H3,(H,23,24,28). The molecule has 4 rings (SSSR count). The first-order valence-corrected chi connectivity index (χ1v) is 10.1. The fourth-order valence-corrected chi connectivity index (χ4v) is 3.76. The second-order valence-corrected chi connectivity index (χ2v) is 8.06. The van der Waals surface area contributed by atoms with Crippen molar-refractivity contribution in [3.05, 3.63) is 52.1 Å². The van der Waals surface area contributed by atoms with Crippen molar-refractivity contribution < 1.29 is 4.52 Å². The van der Waals surface area contributed by atoms with Gasteiger partial charge in [-0.2, -0.15) is 4.98 Å². The average Bonchev–Trinajstić information content (AvgIpc) is 3.15. The second-order valence-electron chi connectivity index (χ2n) is 8.06. The van der Waals surface area contributed by atoms with Crippen molar-refractivity contribution >= 4 is 5.82 Å². The summed E-state index contributed by atoms with van der Waals surface area (Å²) in [6, 6.07) is 5.57. The van der Waals surface area contributed by atoms with Gasteiger partial charge < -0.3 is 14.4 Å². The number of nitrogens with one attached hydrogen (secondary N) is 1. The van der Waals surface area contributed by atoms with Gasteiger partial charge in [0.05, 0.1) is 11.3 Å². The molecule has 1 atom stereocenters. The number of anilines is 1. The fraction of sp³-hybridized carbons (Fsp3) is 0.476. The third-order valence-electron chi connectivity index (χ3n) is 5.10. The maximum atomic E-state index is 11.8. The fourth-order valence-electron chi connectivity index (χ4n) is 3.76. The lowest BCUT2D eigenvalue weighted by Gasteiger charge is -2.33. The summed E-state index contributed by atoms with van der Waals surface area (Å²) < 4.78 is 5.38. The van der Waals surface area contributed by atoms with E-state index in [9.17, 15) is 4.79 Å². The van der Waals surface area contributed by atoms with Crippen molar-refractivity contribution in [1.29, 1.82) is 0 Å². The number of pyridine rings is 1. The Hall–Kier alpha value is -3.03. The lowest BCUT2D eigenvalue weighted by atomic mass is 9.94. The first-order valence-electron chi connectivity index (χ1n) is 10.1. The van der Waals surface area contributed by atoms with Gasteiger partial charge in [-0.15, -0.1) is 0 Å². The van der Waals surface area contributed by atoms with Crippen LogP contribution in [0, 0.1) is 12.8 Å². The maximum absolute atomic E-state index is 11.8. The number of aromatic nitrogens is 5. The molecule has 3 aromatic rings. The molecule has 0 saturated carbocycles. The van der Waals surface area contributed by atoms with Crippen LogP contribution in [0.1, 0.15) is 49.9 Å². The van der Waals surface area contributed by atoms with E-state index in [0.717, 1.165) is 55.3 Å². The molecule has 1 N–H and O–H groups in total. The molecule has 0 aliphatic carbocycles. The van der Waals surface area contributed by atoms with Gasteiger partial charge >= 0.3 is 0 Å². The van der Waals surface area contributed by atoms with Gasteiger partial charge in [-0.1, -0.05) is 19.0 Å². The minimum atomic E-state index is -0.0940. The summed E-state index contributed by atoms with van der Waals surface area (Å²) in [4.78, 5) is 30.4. The van der Waals surface area contributed by atoms with Gasteiger partial charge in [-0.25, -0.2) is 9.97 Å². The molecule has 1 unspecified atom stereocenters. The molecule has 1 aliphatic rings. The number of hydrogen-bond acceptors (Lipinski definition) is 7. The lowest BCUT2D eigenvalue weighted by molar-refractivity contribution is 0.417. The Bertz CT molecular complexity index is 1020. The van der Waals surface area contributed by atoms with Gasteiger partial charge in [0.2, 0.25) is 0 Å².